The van der Waals surface area contributed by atoms with Crippen LogP contribution >= 0.6 is 9.47 Å². The topological polar surface area (TPSA) is 100 Å². The van der Waals surface area contributed by atoms with E-state index in [9.17, 15) is 14.4 Å². The Labute approximate surface area is 131 Å². The van der Waals surface area contributed by atoms with Crippen LogP contribution in [0.25, 0.3) is 0 Å². The number of hydrazine groups is 1. The van der Waals surface area contributed by atoms with E-state index < -0.39 is 24.1 Å². The zero-order valence-corrected chi connectivity index (χ0v) is 14.0. The second-order valence-corrected chi connectivity index (χ2v) is 4.90. The molecule has 1 aliphatic rings. The number of carbonyl (C=O) groups is 3. The minimum absolute atomic E-state index is 0.290. The second-order valence-electron chi connectivity index (χ2n) is 4.68. The molecule has 0 radical (unpaired) electrons. The molecule has 22 heavy (non-hydrogen) atoms. The molecule has 1 unspecified atom stereocenters. The molecule has 10 heteroatoms. The number of hydrogen-bond acceptors (Lipinski definition) is 5. The second kappa shape index (κ2) is 9.42. The maximum atomic E-state index is 12.1. The van der Waals surface area contributed by atoms with Gasteiger partial charge in [0.25, 0.3) is 5.91 Å². The molecule has 2 atom stereocenters. The molecule has 0 aliphatic carbocycles. The van der Waals surface area contributed by atoms with Gasteiger partial charge in [-0.25, -0.2) is 20.1 Å². The fourth-order valence-electron chi connectivity index (χ4n) is 2.03. The third kappa shape index (κ3) is 4.99. The normalized spacial score (nSPS) is 18.1. The standard InChI is InChI=1S/C12H23N4O5P/c1-3-5-8-20-11(18)14-13-10(17)9-6-7-16(21-22)12(19)15(9)4-2/h9H,3-8,22H2,1-2H3,(H,13,17)(H,14,18)/t9-/m0/s1. The Balaban J connectivity index is 2.47. The maximum Gasteiger partial charge on any atom is 0.426 e. The highest BCUT2D eigenvalue weighted by Crippen LogP contribution is 2.17. The van der Waals surface area contributed by atoms with Gasteiger partial charge >= 0.3 is 12.1 Å². The Hall–Kier alpha value is -1.60. The molecule has 1 aliphatic heterocycles. The third-order valence-electron chi connectivity index (χ3n) is 3.23. The van der Waals surface area contributed by atoms with E-state index in [0.29, 0.717) is 19.6 Å². The highest BCUT2D eigenvalue weighted by atomic mass is 31.0. The fourth-order valence-corrected chi connectivity index (χ4v) is 2.23. The molecule has 1 rings (SSSR count). The molecular weight excluding hydrogens is 311 g/mol. The first kappa shape index (κ1) is 18.4. The summed E-state index contributed by atoms with van der Waals surface area (Å²) >= 11 is 0. The fraction of sp³-hybridized carbons (Fsp3) is 0.750. The summed E-state index contributed by atoms with van der Waals surface area (Å²) in [5.41, 5.74) is 4.45. The van der Waals surface area contributed by atoms with Crippen molar-refractivity contribution >= 4 is 27.5 Å². The molecule has 0 aromatic carbocycles. The van der Waals surface area contributed by atoms with E-state index in [0.717, 1.165) is 17.9 Å². The van der Waals surface area contributed by atoms with Gasteiger partial charge in [0.2, 0.25) is 0 Å². The number of hydrogen-bond donors (Lipinski definition) is 2. The van der Waals surface area contributed by atoms with Crippen LogP contribution in [0, 0.1) is 0 Å². The van der Waals surface area contributed by atoms with E-state index in [1.165, 1.54) is 4.90 Å². The molecule has 0 bridgehead atoms. The predicted octanol–water partition coefficient (Wildman–Crippen LogP) is 0.782. The van der Waals surface area contributed by atoms with Gasteiger partial charge in [0.1, 0.15) is 6.04 Å². The van der Waals surface area contributed by atoms with Crippen molar-refractivity contribution in [1.82, 2.24) is 20.8 Å². The third-order valence-corrected chi connectivity index (χ3v) is 3.48. The summed E-state index contributed by atoms with van der Waals surface area (Å²) in [6.07, 6.45) is 1.34. The summed E-state index contributed by atoms with van der Waals surface area (Å²) in [4.78, 5) is 36.9. The molecule has 1 heterocycles. The van der Waals surface area contributed by atoms with Crippen molar-refractivity contribution in [3.05, 3.63) is 0 Å². The van der Waals surface area contributed by atoms with Crippen molar-refractivity contribution in [1.29, 1.82) is 0 Å². The smallest absolute Gasteiger partial charge is 0.426 e. The molecule has 0 spiro atoms. The summed E-state index contributed by atoms with van der Waals surface area (Å²) in [5, 5.41) is 1.16. The lowest BCUT2D eigenvalue weighted by molar-refractivity contribution is -0.130. The zero-order valence-electron chi connectivity index (χ0n) is 12.8. The van der Waals surface area contributed by atoms with Crippen molar-refractivity contribution in [2.75, 3.05) is 19.7 Å². The SMILES string of the molecule is CCCCOC(=O)NNC(=O)[C@@H]1CCN(OP)C(=O)N1CC. The monoisotopic (exact) mass is 334 g/mol. The van der Waals surface area contributed by atoms with Gasteiger partial charge < -0.3 is 9.64 Å². The first-order valence-corrected chi connectivity index (χ1v) is 7.69. The van der Waals surface area contributed by atoms with E-state index in [-0.39, 0.29) is 6.54 Å². The van der Waals surface area contributed by atoms with Gasteiger partial charge in [0.05, 0.1) is 13.2 Å². The molecule has 1 fully saturated rings. The van der Waals surface area contributed by atoms with Crippen LogP contribution in [0.2, 0.25) is 0 Å². The lowest BCUT2D eigenvalue weighted by Gasteiger charge is -2.38. The summed E-state index contributed by atoms with van der Waals surface area (Å²) in [6.45, 7) is 4.67. The Morgan fingerprint density at radius 1 is 1.36 bits per heavy atom. The van der Waals surface area contributed by atoms with Gasteiger partial charge in [-0.05, 0) is 19.8 Å². The number of amides is 4. The molecule has 126 valence electrons. The van der Waals surface area contributed by atoms with Gasteiger partial charge in [-0.1, -0.05) is 13.3 Å². The Morgan fingerprint density at radius 2 is 2.09 bits per heavy atom. The number of carbonyl (C=O) groups excluding carboxylic acids is 3. The summed E-state index contributed by atoms with van der Waals surface area (Å²) in [6, 6.07) is -1.06. The van der Waals surface area contributed by atoms with Gasteiger partial charge in [-0.3, -0.25) is 14.8 Å². The average molecular weight is 334 g/mol. The quantitative estimate of drug-likeness (QED) is 0.425. The maximum absolute atomic E-state index is 12.1. The predicted molar refractivity (Wildman–Crippen MR) is 81.2 cm³/mol. The van der Waals surface area contributed by atoms with Crippen molar-refractivity contribution in [3.63, 3.8) is 0 Å². The van der Waals surface area contributed by atoms with Crippen LogP contribution in [0.5, 0.6) is 0 Å². The first-order chi connectivity index (χ1) is 10.5. The molecule has 1 saturated heterocycles. The van der Waals surface area contributed by atoms with Crippen LogP contribution < -0.4 is 10.9 Å². The van der Waals surface area contributed by atoms with E-state index in [1.807, 2.05) is 16.4 Å². The number of ether oxygens (including phenoxy) is 1. The Bertz CT molecular complexity index is 409. The Kier molecular flexibility index (Phi) is 7.90. The summed E-state index contributed by atoms with van der Waals surface area (Å²) in [5.74, 6) is -0.467. The van der Waals surface area contributed by atoms with Crippen molar-refractivity contribution in [3.8, 4) is 0 Å². The number of nitrogens with zero attached hydrogens (tertiary/aromatic N) is 2. The van der Waals surface area contributed by atoms with E-state index in [4.69, 9.17) is 9.36 Å². The van der Waals surface area contributed by atoms with Crippen LogP contribution in [0.1, 0.15) is 33.1 Å². The highest BCUT2D eigenvalue weighted by molar-refractivity contribution is 7.09. The van der Waals surface area contributed by atoms with Crippen molar-refractivity contribution < 1.29 is 23.7 Å². The molecule has 9 nitrogen and oxygen atoms in total. The lowest BCUT2D eigenvalue weighted by Crippen LogP contribution is -2.60. The molecule has 4 amide bonds. The number of rotatable bonds is 6. The molecule has 0 aromatic heterocycles. The van der Waals surface area contributed by atoms with Crippen LogP contribution in [0.3, 0.4) is 0 Å². The van der Waals surface area contributed by atoms with Crippen LogP contribution in [0.15, 0.2) is 0 Å². The minimum atomic E-state index is -0.720. The van der Waals surface area contributed by atoms with Gasteiger partial charge in [0.15, 0.2) is 0 Å². The van der Waals surface area contributed by atoms with Crippen molar-refractivity contribution in [2.45, 2.75) is 39.2 Å². The van der Waals surface area contributed by atoms with Crippen LogP contribution in [-0.2, 0) is 14.2 Å². The largest absolute Gasteiger partial charge is 0.448 e. The van der Waals surface area contributed by atoms with Crippen molar-refractivity contribution in [2.24, 2.45) is 0 Å². The van der Waals surface area contributed by atoms with E-state index in [1.54, 1.807) is 6.92 Å². The van der Waals surface area contributed by atoms with Gasteiger partial charge in [-0.2, -0.15) is 0 Å². The number of hydroxylamine groups is 2. The number of nitrogens with one attached hydrogen (secondary N) is 2. The minimum Gasteiger partial charge on any atom is -0.448 e. The van der Waals surface area contributed by atoms with Gasteiger partial charge in [0, 0.05) is 16.0 Å². The molecule has 0 aromatic rings. The van der Waals surface area contributed by atoms with E-state index in [2.05, 4.69) is 10.9 Å². The molecular formula is C12H23N4O5P. The summed E-state index contributed by atoms with van der Waals surface area (Å²) < 4.78 is 9.71. The number of unbranched alkanes of at least 4 members (excludes halogenated alkanes) is 1. The number of urea groups is 1. The first-order valence-electron chi connectivity index (χ1n) is 7.22. The lowest BCUT2D eigenvalue weighted by atomic mass is 10.1. The average Bonchev–Trinajstić information content (AvgIpc) is 2.52. The highest BCUT2D eigenvalue weighted by Gasteiger charge is 2.37. The molecule has 2 N–H and O–H groups in total. The van der Waals surface area contributed by atoms with Crippen LogP contribution in [0.4, 0.5) is 9.59 Å². The molecule has 0 saturated carbocycles. The zero-order chi connectivity index (χ0) is 16.5. The van der Waals surface area contributed by atoms with Crippen LogP contribution in [-0.4, -0.2) is 53.7 Å². The number of likely N-dealkylation sites (N-methyl/N-ethyl adjacent to an activating group) is 1. The van der Waals surface area contributed by atoms with E-state index >= 15 is 0 Å². The van der Waals surface area contributed by atoms with Gasteiger partial charge in [-0.15, -0.1) is 0 Å². The Morgan fingerprint density at radius 3 is 2.68 bits per heavy atom. The summed E-state index contributed by atoms with van der Waals surface area (Å²) in [7, 11) is 2.00.